The third-order valence-corrected chi connectivity index (χ3v) is 9.00. The Morgan fingerprint density at radius 2 is 0.652 bits per heavy atom. The number of rotatable bonds is 26. The molecular formula is C43H70N2Ni. The largest absolute Gasteiger partial charge is 0.252 e. The number of hydrogen-bond donors (Lipinski definition) is 0. The average Bonchev–Trinajstić information content (AvgIpc) is 3.05. The summed E-state index contributed by atoms with van der Waals surface area (Å²) in [5.74, 6) is 0. The summed E-state index contributed by atoms with van der Waals surface area (Å²) in [5.41, 5.74) is 10.6. The summed E-state index contributed by atoms with van der Waals surface area (Å²) in [4.78, 5) is 11.1. The molecule has 0 fully saturated rings. The van der Waals surface area contributed by atoms with E-state index in [2.05, 4.69) is 77.9 Å². The number of aryl methyl sites for hydroxylation is 4. The summed E-state index contributed by atoms with van der Waals surface area (Å²) in [5, 5.41) is 0. The van der Waals surface area contributed by atoms with Crippen molar-refractivity contribution in [3.8, 4) is 0 Å². The van der Waals surface area contributed by atoms with Crippen molar-refractivity contribution < 1.29 is 16.5 Å². The Kier molecular flexibility index (Phi) is 25.1. The van der Waals surface area contributed by atoms with Crippen molar-refractivity contribution in [2.75, 3.05) is 0 Å². The molecule has 2 aromatic carbocycles. The minimum Gasteiger partial charge on any atom is -0.252 e. The molecule has 0 atom stereocenters. The monoisotopic (exact) mass is 672 g/mol. The predicted molar refractivity (Wildman–Crippen MR) is 204 cm³/mol. The van der Waals surface area contributed by atoms with Gasteiger partial charge in [-0.15, -0.1) is 0 Å². The molecule has 0 aliphatic carbocycles. The number of hydrogen-bond acceptors (Lipinski definition) is 2. The van der Waals surface area contributed by atoms with E-state index in [1.54, 1.807) is 0 Å². The molecule has 0 saturated carbocycles. The van der Waals surface area contributed by atoms with E-state index in [-0.39, 0.29) is 16.5 Å². The predicted octanol–water partition coefficient (Wildman–Crippen LogP) is 14.2. The molecule has 2 nitrogen and oxygen atoms in total. The number of benzene rings is 2. The van der Waals surface area contributed by atoms with Crippen molar-refractivity contribution in [1.29, 1.82) is 0 Å². The van der Waals surface area contributed by atoms with Crippen molar-refractivity contribution in [2.24, 2.45) is 9.98 Å². The molecule has 0 aromatic heterocycles. The van der Waals surface area contributed by atoms with Crippen LogP contribution in [0.15, 0.2) is 46.4 Å². The second-order valence-corrected chi connectivity index (χ2v) is 13.5. The minimum atomic E-state index is 0. The third kappa shape index (κ3) is 18.0. The molecule has 0 N–H and O–H groups in total. The number of unbranched alkanes of at least 4 members (excludes halogenated alkanes) is 11. The van der Waals surface area contributed by atoms with Crippen LogP contribution in [0.4, 0.5) is 11.4 Å². The van der Waals surface area contributed by atoms with Crippen LogP contribution in [0.1, 0.15) is 186 Å². The molecule has 262 valence electrons. The standard InChI is InChI=1S/C43H70N2.Ni/c1-7-13-19-20-21-23-29-43(45-41-34-38(26-17-11-5)31-39(35-41)27-18-12-6)42(28-22-14-8-2)44-40-32-36(24-15-9-3)30-37(33-40)25-16-10-4;/h30-35H,7-29H2,1-6H3;/b44-42+,45-43+;. The topological polar surface area (TPSA) is 24.7 Å². The van der Waals surface area contributed by atoms with Gasteiger partial charge in [-0.25, -0.2) is 0 Å². The van der Waals surface area contributed by atoms with Crippen LogP contribution in [-0.2, 0) is 42.2 Å². The maximum Gasteiger partial charge on any atom is 0.0639 e. The fourth-order valence-corrected chi connectivity index (χ4v) is 6.17. The van der Waals surface area contributed by atoms with Crippen LogP contribution in [-0.4, -0.2) is 11.4 Å². The smallest absolute Gasteiger partial charge is 0.0639 e. The van der Waals surface area contributed by atoms with Crippen LogP contribution >= 0.6 is 0 Å². The van der Waals surface area contributed by atoms with E-state index >= 15 is 0 Å². The maximum atomic E-state index is 5.54. The first-order chi connectivity index (χ1) is 22.1. The molecule has 0 amide bonds. The van der Waals surface area contributed by atoms with Crippen LogP contribution in [0.25, 0.3) is 0 Å². The van der Waals surface area contributed by atoms with Crippen molar-refractivity contribution in [3.63, 3.8) is 0 Å². The molecule has 0 bridgehead atoms. The zero-order valence-corrected chi connectivity index (χ0v) is 31.9. The molecule has 3 heteroatoms. The summed E-state index contributed by atoms with van der Waals surface area (Å²) < 4.78 is 0. The van der Waals surface area contributed by atoms with Crippen molar-refractivity contribution in [1.82, 2.24) is 0 Å². The molecule has 0 heterocycles. The molecule has 0 aliphatic heterocycles. The van der Waals surface area contributed by atoms with Gasteiger partial charge in [0.1, 0.15) is 0 Å². The Bertz CT molecular complexity index is 1060. The van der Waals surface area contributed by atoms with E-state index in [9.17, 15) is 0 Å². The molecule has 0 unspecified atom stereocenters. The number of aliphatic imine (C=N–C) groups is 2. The average molecular weight is 674 g/mol. The molecule has 46 heavy (non-hydrogen) atoms. The van der Waals surface area contributed by atoms with Gasteiger partial charge >= 0.3 is 0 Å². The Morgan fingerprint density at radius 1 is 0.370 bits per heavy atom. The van der Waals surface area contributed by atoms with Crippen LogP contribution in [0, 0.1) is 0 Å². The first kappa shape index (κ1) is 42.3. The fraction of sp³-hybridized carbons (Fsp3) is 0.674. The van der Waals surface area contributed by atoms with Crippen LogP contribution in [0.5, 0.6) is 0 Å². The van der Waals surface area contributed by atoms with Gasteiger partial charge in [-0.05, 0) is 124 Å². The molecular weight excluding hydrogens is 603 g/mol. The third-order valence-electron chi connectivity index (χ3n) is 9.00. The summed E-state index contributed by atoms with van der Waals surface area (Å²) >= 11 is 0. The van der Waals surface area contributed by atoms with Crippen LogP contribution in [0.3, 0.4) is 0 Å². The van der Waals surface area contributed by atoms with Crippen LogP contribution < -0.4 is 0 Å². The van der Waals surface area contributed by atoms with Crippen molar-refractivity contribution in [3.05, 3.63) is 58.7 Å². The van der Waals surface area contributed by atoms with Gasteiger partial charge in [0.25, 0.3) is 0 Å². The summed E-state index contributed by atoms with van der Waals surface area (Å²) in [6.45, 7) is 13.8. The van der Waals surface area contributed by atoms with Crippen molar-refractivity contribution >= 4 is 22.8 Å². The number of nitrogens with zero attached hydrogens (tertiary/aromatic N) is 2. The van der Waals surface area contributed by atoms with Gasteiger partial charge in [0, 0.05) is 16.5 Å². The van der Waals surface area contributed by atoms with E-state index in [0.29, 0.717) is 0 Å². The van der Waals surface area contributed by atoms with Gasteiger partial charge in [0.05, 0.1) is 22.8 Å². The van der Waals surface area contributed by atoms with Gasteiger partial charge in [-0.1, -0.05) is 124 Å². The minimum absolute atomic E-state index is 0. The van der Waals surface area contributed by atoms with Gasteiger partial charge in [-0.2, -0.15) is 0 Å². The normalized spacial score (nSPS) is 12.0. The van der Waals surface area contributed by atoms with E-state index in [1.807, 2.05) is 0 Å². The van der Waals surface area contributed by atoms with E-state index in [4.69, 9.17) is 9.98 Å². The van der Waals surface area contributed by atoms with Crippen LogP contribution in [0.2, 0.25) is 0 Å². The molecule has 2 aromatic rings. The van der Waals surface area contributed by atoms with Gasteiger partial charge in [0.15, 0.2) is 0 Å². The second kappa shape index (κ2) is 27.2. The second-order valence-electron chi connectivity index (χ2n) is 13.5. The quantitative estimate of drug-likeness (QED) is 0.0539. The Hall–Kier alpha value is -1.73. The molecule has 2 rings (SSSR count). The zero-order valence-electron chi connectivity index (χ0n) is 30.9. The SMILES string of the molecule is CCCCCCCCC(=N\c1cc(CCCC)cc(CCCC)c1)/C(CCCCC)=N/c1cc(CCCC)cc(CCCC)c1.[Ni]. The zero-order chi connectivity index (χ0) is 32.5. The molecule has 0 saturated heterocycles. The van der Waals surface area contributed by atoms with E-state index < -0.39 is 0 Å². The Morgan fingerprint density at radius 3 is 1.00 bits per heavy atom. The Balaban J connectivity index is 0.0000106. The molecule has 0 aliphatic rings. The van der Waals surface area contributed by atoms with Gasteiger partial charge < -0.3 is 0 Å². The van der Waals surface area contributed by atoms with Gasteiger partial charge in [-0.3, -0.25) is 9.98 Å². The molecule has 0 radical (unpaired) electrons. The first-order valence-electron chi connectivity index (χ1n) is 19.5. The fourth-order valence-electron chi connectivity index (χ4n) is 6.17. The maximum absolute atomic E-state index is 5.54. The van der Waals surface area contributed by atoms with Crippen molar-refractivity contribution in [2.45, 2.75) is 189 Å². The van der Waals surface area contributed by atoms with E-state index in [1.165, 1.54) is 143 Å². The first-order valence-corrected chi connectivity index (χ1v) is 19.5. The molecule has 0 spiro atoms. The summed E-state index contributed by atoms with van der Waals surface area (Å²) in [6, 6.07) is 14.4. The summed E-state index contributed by atoms with van der Waals surface area (Å²) in [6.07, 6.45) is 28.0. The van der Waals surface area contributed by atoms with Gasteiger partial charge in [0.2, 0.25) is 0 Å². The summed E-state index contributed by atoms with van der Waals surface area (Å²) in [7, 11) is 0. The Labute approximate surface area is 296 Å². The van der Waals surface area contributed by atoms with E-state index in [0.717, 1.165) is 49.9 Å².